The molecule has 1 saturated heterocycles. The Bertz CT molecular complexity index is 920. The van der Waals surface area contributed by atoms with Gasteiger partial charge in [-0.05, 0) is 51.2 Å². The number of anilines is 1. The number of morpholine rings is 1. The third kappa shape index (κ3) is 8.11. The molecule has 1 fully saturated rings. The normalized spacial score (nSPS) is 16.6. The molecule has 2 aliphatic heterocycles. The number of hydrogen-bond acceptors (Lipinski definition) is 9. The van der Waals surface area contributed by atoms with Crippen LogP contribution in [0.2, 0.25) is 0 Å². The number of nitrogens with zero attached hydrogens (tertiary/aromatic N) is 4. The Kier molecular flexibility index (Phi) is 10.7. The molecule has 0 saturated carbocycles. The van der Waals surface area contributed by atoms with Crippen LogP contribution in [0.3, 0.4) is 0 Å². The van der Waals surface area contributed by atoms with Gasteiger partial charge in [-0.3, -0.25) is 4.90 Å². The topological polar surface area (TPSA) is 84.0 Å². The van der Waals surface area contributed by atoms with Gasteiger partial charge in [-0.2, -0.15) is 0 Å². The summed E-state index contributed by atoms with van der Waals surface area (Å²) in [5.74, 6) is 2.61. The number of nitrogens with one attached hydrogen (secondary N) is 2. The van der Waals surface area contributed by atoms with E-state index >= 15 is 0 Å². The van der Waals surface area contributed by atoms with E-state index in [0.29, 0.717) is 6.61 Å². The van der Waals surface area contributed by atoms with Gasteiger partial charge in [0.15, 0.2) is 5.82 Å². The number of rotatable bonds is 14. The maximum atomic E-state index is 5.98. The predicted octanol–water partition coefficient (Wildman–Crippen LogP) is 2.27. The molecule has 0 radical (unpaired) electrons. The molecule has 4 rings (SSSR count). The summed E-state index contributed by atoms with van der Waals surface area (Å²) in [5.41, 5.74) is 3.39. The highest BCUT2D eigenvalue weighted by atomic mass is 16.5. The van der Waals surface area contributed by atoms with E-state index in [1.54, 1.807) is 0 Å². The second-order valence-corrected chi connectivity index (χ2v) is 9.36. The van der Waals surface area contributed by atoms with Crippen LogP contribution in [0.25, 0.3) is 11.4 Å². The van der Waals surface area contributed by atoms with Crippen molar-refractivity contribution in [1.29, 1.82) is 0 Å². The van der Waals surface area contributed by atoms with E-state index in [9.17, 15) is 0 Å². The Labute approximate surface area is 215 Å². The molecule has 1 aromatic carbocycles. The van der Waals surface area contributed by atoms with E-state index in [1.807, 2.05) is 19.1 Å². The number of ether oxygens (including phenoxy) is 3. The van der Waals surface area contributed by atoms with Gasteiger partial charge in [0, 0.05) is 70.0 Å². The Morgan fingerprint density at radius 2 is 1.83 bits per heavy atom. The summed E-state index contributed by atoms with van der Waals surface area (Å²) >= 11 is 0. The van der Waals surface area contributed by atoms with E-state index < -0.39 is 0 Å². The van der Waals surface area contributed by atoms with Gasteiger partial charge in [0.05, 0.1) is 25.5 Å². The zero-order chi connectivity index (χ0) is 25.0. The summed E-state index contributed by atoms with van der Waals surface area (Å²) in [6.07, 6.45) is 1.96. The SMILES string of the molecule is CCOCCNCCCNc1nc(-c2ccc(OCCN3CCOCC3)cc2)nc2c1CN(C)CC2. The largest absolute Gasteiger partial charge is 0.492 e. The van der Waals surface area contributed by atoms with Crippen molar-refractivity contribution in [2.24, 2.45) is 0 Å². The molecule has 3 heterocycles. The van der Waals surface area contributed by atoms with Crippen LogP contribution < -0.4 is 15.4 Å². The van der Waals surface area contributed by atoms with E-state index in [2.05, 4.69) is 39.6 Å². The maximum Gasteiger partial charge on any atom is 0.161 e. The third-order valence-electron chi connectivity index (χ3n) is 6.59. The van der Waals surface area contributed by atoms with Gasteiger partial charge in [-0.15, -0.1) is 0 Å². The van der Waals surface area contributed by atoms with Crippen LogP contribution in [-0.4, -0.2) is 106 Å². The molecule has 1 aromatic heterocycles. The zero-order valence-corrected chi connectivity index (χ0v) is 21.9. The highest BCUT2D eigenvalue weighted by molar-refractivity contribution is 5.61. The van der Waals surface area contributed by atoms with Crippen molar-refractivity contribution in [2.45, 2.75) is 26.3 Å². The first-order valence-corrected chi connectivity index (χ1v) is 13.4. The van der Waals surface area contributed by atoms with Gasteiger partial charge in [-0.25, -0.2) is 9.97 Å². The lowest BCUT2D eigenvalue weighted by molar-refractivity contribution is 0.0322. The molecular formula is C27H42N6O3. The van der Waals surface area contributed by atoms with Crippen LogP contribution in [0.15, 0.2) is 24.3 Å². The van der Waals surface area contributed by atoms with E-state index in [-0.39, 0.29) is 0 Å². The summed E-state index contributed by atoms with van der Waals surface area (Å²) in [6.45, 7) is 13.3. The molecule has 9 nitrogen and oxygen atoms in total. The monoisotopic (exact) mass is 498 g/mol. The minimum atomic E-state index is 0.677. The summed E-state index contributed by atoms with van der Waals surface area (Å²) in [6, 6.07) is 8.16. The first-order valence-electron chi connectivity index (χ1n) is 13.4. The molecule has 0 spiro atoms. The fourth-order valence-corrected chi connectivity index (χ4v) is 4.48. The number of aromatic nitrogens is 2. The molecule has 0 aliphatic carbocycles. The molecule has 9 heteroatoms. The Hall–Kier alpha value is -2.30. The van der Waals surface area contributed by atoms with Crippen LogP contribution >= 0.6 is 0 Å². The zero-order valence-electron chi connectivity index (χ0n) is 21.9. The molecule has 0 atom stereocenters. The van der Waals surface area contributed by atoms with Gasteiger partial charge < -0.3 is 29.7 Å². The molecule has 0 unspecified atom stereocenters. The molecular weight excluding hydrogens is 456 g/mol. The Balaban J connectivity index is 1.34. The molecule has 0 bridgehead atoms. The minimum Gasteiger partial charge on any atom is -0.492 e. The Morgan fingerprint density at radius 3 is 2.64 bits per heavy atom. The van der Waals surface area contributed by atoms with E-state index in [0.717, 1.165) is 120 Å². The van der Waals surface area contributed by atoms with E-state index in [1.165, 1.54) is 5.56 Å². The summed E-state index contributed by atoms with van der Waals surface area (Å²) in [4.78, 5) is 14.6. The molecule has 2 aromatic rings. The van der Waals surface area contributed by atoms with Crippen molar-refractivity contribution in [1.82, 2.24) is 25.1 Å². The first-order chi connectivity index (χ1) is 17.7. The van der Waals surface area contributed by atoms with Gasteiger partial charge in [-0.1, -0.05) is 0 Å². The molecule has 36 heavy (non-hydrogen) atoms. The second-order valence-electron chi connectivity index (χ2n) is 9.36. The number of fused-ring (bicyclic) bond motifs is 1. The van der Waals surface area contributed by atoms with Gasteiger partial charge in [0.1, 0.15) is 18.2 Å². The molecule has 2 N–H and O–H groups in total. The van der Waals surface area contributed by atoms with Crippen molar-refractivity contribution in [3.63, 3.8) is 0 Å². The van der Waals surface area contributed by atoms with Crippen molar-refractivity contribution >= 4 is 5.82 Å². The number of hydrogen-bond donors (Lipinski definition) is 2. The number of likely N-dealkylation sites (N-methyl/N-ethyl adjacent to an activating group) is 1. The Morgan fingerprint density at radius 1 is 1.00 bits per heavy atom. The molecule has 198 valence electrons. The van der Waals surface area contributed by atoms with Crippen molar-refractivity contribution in [2.75, 3.05) is 91.2 Å². The standard InChI is InChI=1S/C27H42N6O3/c1-3-34-17-12-28-10-4-11-29-27-24-21-32(2)13-9-25(24)30-26(31-27)22-5-7-23(8-6-22)36-20-16-33-14-18-35-19-15-33/h5-8,28H,3-4,9-21H2,1-2H3,(H,29,30,31). The highest BCUT2D eigenvalue weighted by Gasteiger charge is 2.21. The summed E-state index contributed by atoms with van der Waals surface area (Å²) in [5, 5.41) is 7.01. The average Bonchev–Trinajstić information content (AvgIpc) is 2.91. The lowest BCUT2D eigenvalue weighted by atomic mass is 10.1. The predicted molar refractivity (Wildman–Crippen MR) is 143 cm³/mol. The second kappa shape index (κ2) is 14.4. The van der Waals surface area contributed by atoms with Crippen LogP contribution in [0, 0.1) is 0 Å². The smallest absolute Gasteiger partial charge is 0.161 e. The van der Waals surface area contributed by atoms with Crippen LogP contribution in [0.4, 0.5) is 5.82 Å². The van der Waals surface area contributed by atoms with Crippen molar-refractivity contribution in [3.8, 4) is 17.1 Å². The van der Waals surface area contributed by atoms with Gasteiger partial charge >= 0.3 is 0 Å². The van der Waals surface area contributed by atoms with Crippen molar-refractivity contribution < 1.29 is 14.2 Å². The van der Waals surface area contributed by atoms with Gasteiger partial charge in [0.25, 0.3) is 0 Å². The van der Waals surface area contributed by atoms with E-state index in [4.69, 9.17) is 24.2 Å². The third-order valence-corrected chi connectivity index (χ3v) is 6.59. The summed E-state index contributed by atoms with van der Waals surface area (Å²) in [7, 11) is 2.15. The first kappa shape index (κ1) is 26.8. The lowest BCUT2D eigenvalue weighted by Crippen LogP contribution is -2.38. The van der Waals surface area contributed by atoms with Crippen molar-refractivity contribution in [3.05, 3.63) is 35.5 Å². The fourth-order valence-electron chi connectivity index (χ4n) is 4.48. The number of benzene rings is 1. The molecule has 2 aliphatic rings. The van der Waals surface area contributed by atoms with Crippen LogP contribution in [0.1, 0.15) is 24.6 Å². The van der Waals surface area contributed by atoms with Crippen LogP contribution in [0.5, 0.6) is 5.75 Å². The maximum absolute atomic E-state index is 5.98. The van der Waals surface area contributed by atoms with Crippen LogP contribution in [-0.2, 0) is 22.4 Å². The highest BCUT2D eigenvalue weighted by Crippen LogP contribution is 2.27. The summed E-state index contributed by atoms with van der Waals surface area (Å²) < 4.78 is 16.8. The lowest BCUT2D eigenvalue weighted by Gasteiger charge is -2.26. The quantitative estimate of drug-likeness (QED) is 0.381. The minimum absolute atomic E-state index is 0.677. The van der Waals surface area contributed by atoms with Gasteiger partial charge in [0.2, 0.25) is 0 Å². The molecule has 0 amide bonds. The fraction of sp³-hybridized carbons (Fsp3) is 0.630. The average molecular weight is 499 g/mol.